The number of rotatable bonds is 32. The monoisotopic (exact) mass is 668 g/mol. The lowest BCUT2D eigenvalue weighted by molar-refractivity contribution is -0.159. The van der Waals surface area contributed by atoms with Crippen LogP contribution >= 0.6 is 0 Å². The Hall–Kier alpha value is -2.72. The van der Waals surface area contributed by atoms with Gasteiger partial charge in [0, 0.05) is 25.7 Å². The number of esters is 4. The molecule has 0 aromatic carbocycles. The normalized spacial score (nSPS) is 11.7. The summed E-state index contributed by atoms with van der Waals surface area (Å²) in [4.78, 5) is 48.1. The van der Waals surface area contributed by atoms with Gasteiger partial charge in [0.15, 0.2) is 0 Å². The molecule has 0 amide bonds. The van der Waals surface area contributed by atoms with Crippen LogP contribution in [0.15, 0.2) is 24.3 Å². The van der Waals surface area contributed by atoms with Crippen molar-refractivity contribution in [2.45, 2.75) is 142 Å². The van der Waals surface area contributed by atoms with Gasteiger partial charge in [0.05, 0.1) is 31.8 Å². The van der Waals surface area contributed by atoms with Crippen LogP contribution in [0.25, 0.3) is 0 Å². The predicted octanol–water partition coefficient (Wildman–Crippen LogP) is 7.08. The van der Waals surface area contributed by atoms with E-state index in [4.69, 9.17) is 18.9 Å². The van der Waals surface area contributed by atoms with Crippen LogP contribution in [-0.4, -0.2) is 73.7 Å². The third-order valence-corrected chi connectivity index (χ3v) is 7.63. The minimum Gasteiger partial charge on any atom is -0.466 e. The summed E-state index contributed by atoms with van der Waals surface area (Å²) in [6.45, 7) is 3.54. The summed E-state index contributed by atoms with van der Waals surface area (Å²) in [6, 6.07) is 0. The lowest BCUT2D eigenvalue weighted by atomic mass is 9.92. The van der Waals surface area contributed by atoms with Crippen LogP contribution in [0.5, 0.6) is 0 Å². The number of carbonyl (C=O) groups is 4. The molecule has 0 spiro atoms. The summed E-state index contributed by atoms with van der Waals surface area (Å²) in [5.41, 5.74) is -1.27. The van der Waals surface area contributed by atoms with Crippen LogP contribution in [0.4, 0.5) is 0 Å². The smallest absolute Gasteiger partial charge is 0.305 e. The Balaban J connectivity index is 3.93. The molecule has 0 saturated carbocycles. The molecule has 10 nitrogen and oxygen atoms in total. The second-order valence-corrected chi connectivity index (χ2v) is 12.2. The van der Waals surface area contributed by atoms with Crippen LogP contribution in [0.2, 0.25) is 0 Å². The minimum atomic E-state index is -1.27. The summed E-state index contributed by atoms with van der Waals surface area (Å²) in [5, 5.41) is 19.7. The molecule has 47 heavy (non-hydrogen) atoms. The van der Waals surface area contributed by atoms with Gasteiger partial charge in [0.25, 0.3) is 0 Å². The largest absolute Gasteiger partial charge is 0.466 e. The fourth-order valence-electron chi connectivity index (χ4n) is 4.48. The molecule has 0 saturated heterocycles. The molecule has 10 heteroatoms. The number of aliphatic hydroxyl groups excluding tert-OH is 2. The van der Waals surface area contributed by atoms with Gasteiger partial charge in [-0.3, -0.25) is 19.2 Å². The summed E-state index contributed by atoms with van der Waals surface area (Å²) >= 11 is 0. The number of allylic oxidation sites excluding steroid dienone is 4. The van der Waals surface area contributed by atoms with Crippen molar-refractivity contribution < 1.29 is 48.3 Å². The van der Waals surface area contributed by atoms with Gasteiger partial charge in [-0.15, -0.1) is 0 Å². The molecular formula is C37H64O10. The zero-order valence-corrected chi connectivity index (χ0v) is 29.4. The standard InChI is InChI=1S/C37H64O10/c1-3-5-7-9-15-21-27-44-33(40)23-17-11-13-19-25-35(42)46-31-37(29-38,30-39)32-47-36(43)26-20-14-12-18-24-34(41)45-28-22-16-10-8-6-4-2/h5-8,38-39H,3-4,9-32H2,1-2H3/b7-5-,8-6-. The van der Waals surface area contributed by atoms with E-state index in [0.717, 1.165) is 77.0 Å². The highest BCUT2D eigenvalue weighted by Crippen LogP contribution is 2.19. The van der Waals surface area contributed by atoms with Crippen LogP contribution in [0, 0.1) is 5.41 Å². The average Bonchev–Trinajstić information content (AvgIpc) is 3.07. The lowest BCUT2D eigenvalue weighted by Gasteiger charge is -2.28. The molecule has 0 aromatic rings. The van der Waals surface area contributed by atoms with E-state index in [1.54, 1.807) is 0 Å². The fourth-order valence-corrected chi connectivity index (χ4v) is 4.48. The maximum Gasteiger partial charge on any atom is 0.305 e. The van der Waals surface area contributed by atoms with Gasteiger partial charge < -0.3 is 29.2 Å². The Labute approximate surface area is 283 Å². The van der Waals surface area contributed by atoms with Crippen molar-refractivity contribution in [3.63, 3.8) is 0 Å². The van der Waals surface area contributed by atoms with Gasteiger partial charge in [-0.2, -0.15) is 0 Å². The highest BCUT2D eigenvalue weighted by molar-refractivity contribution is 5.70. The van der Waals surface area contributed by atoms with Crippen LogP contribution < -0.4 is 0 Å². The van der Waals surface area contributed by atoms with Gasteiger partial charge >= 0.3 is 23.9 Å². The number of unbranched alkanes of at least 4 members (excludes halogenated alkanes) is 10. The maximum absolute atomic E-state index is 12.2. The van der Waals surface area contributed by atoms with E-state index >= 15 is 0 Å². The van der Waals surface area contributed by atoms with Crippen molar-refractivity contribution in [1.29, 1.82) is 0 Å². The molecule has 2 N–H and O–H groups in total. The second kappa shape index (κ2) is 31.9. The molecule has 0 aromatic heterocycles. The third kappa shape index (κ3) is 28.0. The highest BCUT2D eigenvalue weighted by atomic mass is 16.6. The van der Waals surface area contributed by atoms with Crippen molar-refractivity contribution in [2.75, 3.05) is 39.6 Å². The van der Waals surface area contributed by atoms with Crippen molar-refractivity contribution in [3.8, 4) is 0 Å². The van der Waals surface area contributed by atoms with E-state index in [2.05, 4.69) is 38.2 Å². The molecule has 0 heterocycles. The van der Waals surface area contributed by atoms with Crippen molar-refractivity contribution >= 4 is 23.9 Å². The molecule has 0 aliphatic rings. The molecule has 0 rings (SSSR count). The summed E-state index contributed by atoms with van der Waals surface area (Å²) in [6.07, 6.45) is 23.1. The number of aliphatic hydroxyl groups is 2. The van der Waals surface area contributed by atoms with Crippen molar-refractivity contribution in [1.82, 2.24) is 0 Å². The molecule has 0 bridgehead atoms. The summed E-state index contributed by atoms with van der Waals surface area (Å²) < 4.78 is 21.1. The van der Waals surface area contributed by atoms with Gasteiger partial charge in [-0.05, 0) is 77.0 Å². The van der Waals surface area contributed by atoms with Gasteiger partial charge in [0.2, 0.25) is 0 Å². The third-order valence-electron chi connectivity index (χ3n) is 7.63. The topological polar surface area (TPSA) is 146 Å². The highest BCUT2D eigenvalue weighted by Gasteiger charge is 2.33. The Morgan fingerprint density at radius 1 is 0.468 bits per heavy atom. The van der Waals surface area contributed by atoms with Crippen molar-refractivity contribution in [3.05, 3.63) is 24.3 Å². The first-order chi connectivity index (χ1) is 22.8. The molecule has 0 aliphatic heterocycles. The van der Waals surface area contributed by atoms with Crippen molar-refractivity contribution in [2.24, 2.45) is 5.41 Å². The van der Waals surface area contributed by atoms with E-state index in [9.17, 15) is 29.4 Å². The summed E-state index contributed by atoms with van der Waals surface area (Å²) in [7, 11) is 0. The molecule has 0 aliphatic carbocycles. The first kappa shape index (κ1) is 44.3. The molecule has 0 atom stereocenters. The maximum atomic E-state index is 12.2. The summed E-state index contributed by atoms with van der Waals surface area (Å²) in [5.74, 6) is -1.30. The zero-order chi connectivity index (χ0) is 34.9. The first-order valence-corrected chi connectivity index (χ1v) is 18.0. The Morgan fingerprint density at radius 2 is 0.809 bits per heavy atom. The SMILES string of the molecule is CC/C=C\CCCCOC(=O)CCCCCCC(=O)OCC(CO)(CO)COC(=O)CCCCCCC(=O)OCCCC/C=C\CC. The second-order valence-electron chi connectivity index (χ2n) is 12.2. The Bertz CT molecular complexity index is 797. The van der Waals surface area contributed by atoms with E-state index in [0.29, 0.717) is 51.7 Å². The van der Waals surface area contributed by atoms with Crippen LogP contribution in [-0.2, 0) is 38.1 Å². The lowest BCUT2D eigenvalue weighted by Crippen LogP contribution is -2.41. The number of ether oxygens (including phenoxy) is 4. The number of hydrogen-bond donors (Lipinski definition) is 2. The van der Waals surface area contributed by atoms with E-state index < -0.39 is 30.6 Å². The molecule has 0 fully saturated rings. The molecule has 0 unspecified atom stereocenters. The van der Waals surface area contributed by atoms with Crippen LogP contribution in [0.3, 0.4) is 0 Å². The quantitative estimate of drug-likeness (QED) is 0.0330. The Morgan fingerprint density at radius 3 is 1.13 bits per heavy atom. The predicted molar refractivity (Wildman–Crippen MR) is 182 cm³/mol. The average molecular weight is 669 g/mol. The van der Waals surface area contributed by atoms with E-state index in [-0.39, 0.29) is 38.0 Å². The molecule has 272 valence electrons. The van der Waals surface area contributed by atoms with E-state index in [1.807, 2.05) is 0 Å². The Kier molecular flexibility index (Phi) is 30.0. The molecule has 0 radical (unpaired) electrons. The van der Waals surface area contributed by atoms with Crippen LogP contribution in [0.1, 0.15) is 142 Å². The van der Waals surface area contributed by atoms with Gasteiger partial charge in [-0.1, -0.05) is 63.8 Å². The van der Waals surface area contributed by atoms with Gasteiger partial charge in [-0.25, -0.2) is 0 Å². The zero-order valence-electron chi connectivity index (χ0n) is 29.4. The van der Waals surface area contributed by atoms with Gasteiger partial charge in [0.1, 0.15) is 13.2 Å². The van der Waals surface area contributed by atoms with E-state index in [1.165, 1.54) is 0 Å². The minimum absolute atomic E-state index is 0.179. The molecular weight excluding hydrogens is 604 g/mol. The number of carbonyl (C=O) groups excluding carboxylic acids is 4. The fraction of sp³-hybridized carbons (Fsp3) is 0.784. The number of hydrogen-bond acceptors (Lipinski definition) is 10. The first-order valence-electron chi connectivity index (χ1n) is 18.0.